The summed E-state index contributed by atoms with van der Waals surface area (Å²) in [5, 5.41) is 13.3. The predicted molar refractivity (Wildman–Crippen MR) is 103 cm³/mol. The van der Waals surface area contributed by atoms with Gasteiger partial charge in [-0.3, -0.25) is 4.98 Å². The molecule has 0 saturated carbocycles. The minimum atomic E-state index is -1.10. The molecule has 3 aromatic rings. The summed E-state index contributed by atoms with van der Waals surface area (Å²) < 4.78 is 15.4. The van der Waals surface area contributed by atoms with Crippen molar-refractivity contribution in [2.45, 2.75) is 44.7 Å². The minimum absolute atomic E-state index is 0.00874. The van der Waals surface area contributed by atoms with E-state index in [0.717, 1.165) is 30.5 Å². The van der Waals surface area contributed by atoms with E-state index in [4.69, 9.17) is 5.73 Å². The van der Waals surface area contributed by atoms with Gasteiger partial charge in [-0.25, -0.2) is 18.7 Å². The largest absolute Gasteiger partial charge is 0.477 e. The van der Waals surface area contributed by atoms with E-state index in [1.165, 1.54) is 29.3 Å². The zero-order valence-electron chi connectivity index (χ0n) is 16.0. The molecule has 1 unspecified atom stereocenters. The maximum absolute atomic E-state index is 14.0. The average Bonchev–Trinajstić information content (AvgIpc) is 3.33. The van der Waals surface area contributed by atoms with Crippen molar-refractivity contribution < 1.29 is 14.3 Å². The molecule has 4 heterocycles. The second kappa shape index (κ2) is 7.70. The second-order valence-corrected chi connectivity index (χ2v) is 7.34. The fraction of sp³-hybridized carbons (Fsp3) is 0.421. The van der Waals surface area contributed by atoms with Gasteiger partial charge in [-0.2, -0.15) is 10.1 Å². The van der Waals surface area contributed by atoms with Crippen molar-refractivity contribution in [1.82, 2.24) is 24.6 Å². The van der Waals surface area contributed by atoms with E-state index in [0.29, 0.717) is 18.9 Å². The number of fused-ring (bicyclic) bond motifs is 1. The van der Waals surface area contributed by atoms with E-state index in [1.807, 2.05) is 11.8 Å². The average molecular weight is 399 g/mol. The van der Waals surface area contributed by atoms with Gasteiger partial charge in [0.15, 0.2) is 5.65 Å². The molecule has 1 aliphatic heterocycles. The van der Waals surface area contributed by atoms with Crippen molar-refractivity contribution >= 4 is 17.6 Å². The van der Waals surface area contributed by atoms with Crippen LogP contribution in [0.1, 0.15) is 53.8 Å². The highest BCUT2D eigenvalue weighted by Gasteiger charge is 2.31. The number of anilines is 1. The number of carboxylic acids is 1. The number of carbonyl (C=O) groups is 1. The molecule has 0 bridgehead atoms. The molecule has 0 spiro atoms. The smallest absolute Gasteiger partial charge is 0.341 e. The first-order valence-electron chi connectivity index (χ1n) is 9.54. The first kappa shape index (κ1) is 19.2. The highest BCUT2D eigenvalue weighted by atomic mass is 19.1. The number of nitrogens with zero attached hydrogens (tertiary/aromatic N) is 6. The molecule has 9 nitrogen and oxygen atoms in total. The van der Waals surface area contributed by atoms with E-state index in [-0.39, 0.29) is 23.3 Å². The summed E-state index contributed by atoms with van der Waals surface area (Å²) in [6, 6.07) is 1.41. The number of carboxylic acid groups (broad SMARTS) is 1. The van der Waals surface area contributed by atoms with Gasteiger partial charge in [-0.1, -0.05) is 0 Å². The van der Waals surface area contributed by atoms with E-state index < -0.39 is 11.8 Å². The number of halogens is 1. The Morgan fingerprint density at radius 1 is 1.41 bits per heavy atom. The molecule has 3 aromatic heterocycles. The van der Waals surface area contributed by atoms with E-state index >= 15 is 0 Å². The molecule has 0 aliphatic carbocycles. The molecule has 2 atom stereocenters. The van der Waals surface area contributed by atoms with Crippen LogP contribution in [0, 0.1) is 5.82 Å². The number of pyridine rings is 1. The summed E-state index contributed by atoms with van der Waals surface area (Å²) in [5.74, 6) is -1.10. The van der Waals surface area contributed by atoms with Crippen LogP contribution in [0.25, 0.3) is 5.65 Å². The lowest BCUT2D eigenvalue weighted by Gasteiger charge is -2.26. The molecule has 29 heavy (non-hydrogen) atoms. The Balaban J connectivity index is 1.71. The van der Waals surface area contributed by atoms with Crippen molar-refractivity contribution in [3.63, 3.8) is 0 Å². The van der Waals surface area contributed by atoms with Gasteiger partial charge in [0.05, 0.1) is 18.4 Å². The number of nitrogens with two attached hydrogens (primary N) is 1. The Bertz CT molecular complexity index is 1050. The molecule has 10 heteroatoms. The third-order valence-corrected chi connectivity index (χ3v) is 5.16. The van der Waals surface area contributed by atoms with Gasteiger partial charge in [0.2, 0.25) is 5.95 Å². The quantitative estimate of drug-likeness (QED) is 0.645. The molecule has 152 valence electrons. The van der Waals surface area contributed by atoms with Crippen molar-refractivity contribution in [2.24, 2.45) is 5.73 Å². The molecule has 0 aromatic carbocycles. The first-order chi connectivity index (χ1) is 13.9. The standard InChI is InChI=1S/C19H22FN7O2/c1-11(21)4-5-15-13(7-12(20)8-22-15)16-3-2-6-26(16)19-23-10-27-17(25-19)14(9-24-27)18(28)29/h7-11,16H,2-6,21H2,1H3,(H,28,29)/t11?,16-/m1/s1. The van der Waals surface area contributed by atoms with Crippen LogP contribution in [-0.2, 0) is 6.42 Å². The fourth-order valence-corrected chi connectivity index (χ4v) is 3.75. The second-order valence-electron chi connectivity index (χ2n) is 7.34. The van der Waals surface area contributed by atoms with Crippen molar-refractivity contribution in [1.29, 1.82) is 0 Å². The van der Waals surface area contributed by atoms with Crippen molar-refractivity contribution in [3.8, 4) is 0 Å². The number of rotatable bonds is 6. The SMILES string of the molecule is CC(N)CCc1ncc(F)cc1[C@H]1CCCN1c1ncn2ncc(C(=O)O)c2n1. The Hall–Kier alpha value is -3.14. The summed E-state index contributed by atoms with van der Waals surface area (Å²) in [6.45, 7) is 2.61. The lowest BCUT2D eigenvalue weighted by Crippen LogP contribution is -2.26. The lowest BCUT2D eigenvalue weighted by molar-refractivity contribution is 0.0698. The van der Waals surface area contributed by atoms with Crippen molar-refractivity contribution in [3.05, 3.63) is 47.4 Å². The monoisotopic (exact) mass is 399 g/mol. The molecule has 0 radical (unpaired) electrons. The third kappa shape index (κ3) is 3.75. The summed E-state index contributed by atoms with van der Waals surface area (Å²) in [6.07, 6.45) is 7.01. The first-order valence-corrected chi connectivity index (χ1v) is 9.54. The van der Waals surface area contributed by atoms with Crippen molar-refractivity contribution in [2.75, 3.05) is 11.4 Å². The van der Waals surface area contributed by atoms with Gasteiger partial charge in [-0.05, 0) is 44.2 Å². The zero-order valence-corrected chi connectivity index (χ0v) is 16.0. The summed E-state index contributed by atoms with van der Waals surface area (Å²) >= 11 is 0. The Morgan fingerprint density at radius 3 is 3.00 bits per heavy atom. The molecule has 0 amide bonds. The van der Waals surface area contributed by atoms with Gasteiger partial charge in [-0.15, -0.1) is 0 Å². The summed E-state index contributed by atoms with van der Waals surface area (Å²) in [5.41, 5.74) is 7.74. The lowest BCUT2D eigenvalue weighted by atomic mass is 9.99. The van der Waals surface area contributed by atoms with Crippen LogP contribution < -0.4 is 10.6 Å². The van der Waals surface area contributed by atoms with Gasteiger partial charge in [0.1, 0.15) is 17.7 Å². The Labute approximate surface area is 166 Å². The number of aryl methyl sites for hydroxylation is 1. The van der Waals surface area contributed by atoms with Crippen LogP contribution in [0.15, 0.2) is 24.8 Å². The maximum atomic E-state index is 14.0. The van der Waals surface area contributed by atoms with E-state index in [2.05, 4.69) is 20.1 Å². The predicted octanol–water partition coefficient (Wildman–Crippen LogP) is 1.98. The van der Waals surface area contributed by atoms with Crippen LogP contribution in [0.2, 0.25) is 0 Å². The number of aromatic carboxylic acids is 1. The highest BCUT2D eigenvalue weighted by Crippen LogP contribution is 2.36. The van der Waals surface area contributed by atoms with Crippen LogP contribution in [-0.4, -0.2) is 48.2 Å². The molecule has 1 saturated heterocycles. The molecule has 4 rings (SSSR count). The van der Waals surface area contributed by atoms with E-state index in [1.54, 1.807) is 0 Å². The third-order valence-electron chi connectivity index (χ3n) is 5.16. The van der Waals surface area contributed by atoms with E-state index in [9.17, 15) is 14.3 Å². The Morgan fingerprint density at radius 2 is 2.24 bits per heavy atom. The summed E-state index contributed by atoms with van der Waals surface area (Å²) in [7, 11) is 0. The molecule has 1 aliphatic rings. The minimum Gasteiger partial charge on any atom is -0.477 e. The maximum Gasteiger partial charge on any atom is 0.341 e. The number of hydrogen-bond acceptors (Lipinski definition) is 7. The van der Waals surface area contributed by atoms with Crippen LogP contribution in [0.4, 0.5) is 10.3 Å². The van der Waals surface area contributed by atoms with Crippen LogP contribution in [0.3, 0.4) is 0 Å². The van der Waals surface area contributed by atoms with Crippen LogP contribution >= 0.6 is 0 Å². The van der Waals surface area contributed by atoms with Gasteiger partial charge in [0.25, 0.3) is 0 Å². The topological polar surface area (TPSA) is 123 Å². The normalized spacial score (nSPS) is 17.8. The molecular weight excluding hydrogens is 377 g/mol. The molecule has 1 fully saturated rings. The molecule has 3 N–H and O–H groups in total. The van der Waals surface area contributed by atoms with Gasteiger partial charge >= 0.3 is 5.97 Å². The Kier molecular flexibility index (Phi) is 5.10. The number of hydrogen-bond donors (Lipinski definition) is 2. The number of aromatic nitrogens is 5. The molecular formula is C19H22FN7O2. The fourth-order valence-electron chi connectivity index (χ4n) is 3.75. The van der Waals surface area contributed by atoms with Crippen LogP contribution in [0.5, 0.6) is 0 Å². The highest BCUT2D eigenvalue weighted by molar-refractivity contribution is 5.94. The van der Waals surface area contributed by atoms with Gasteiger partial charge in [0, 0.05) is 18.3 Å². The summed E-state index contributed by atoms with van der Waals surface area (Å²) in [4.78, 5) is 26.5. The zero-order chi connectivity index (χ0) is 20.5. The van der Waals surface area contributed by atoms with Gasteiger partial charge < -0.3 is 15.7 Å².